The van der Waals surface area contributed by atoms with Crippen LogP contribution >= 0.6 is 0 Å². The van der Waals surface area contributed by atoms with E-state index in [1.54, 1.807) is 23.1 Å². The summed E-state index contributed by atoms with van der Waals surface area (Å²) in [5.74, 6) is -0.0723. The van der Waals surface area contributed by atoms with Gasteiger partial charge in [0.1, 0.15) is 6.26 Å². The number of hydrogen-bond donors (Lipinski definition) is 0. The van der Waals surface area contributed by atoms with Crippen molar-refractivity contribution in [2.24, 2.45) is 11.3 Å². The number of nitrogens with zero attached hydrogens (tertiary/aromatic N) is 3. The molecule has 1 aromatic heterocycles. The summed E-state index contributed by atoms with van der Waals surface area (Å²) in [5.41, 5.74) is -0.644. The standard InChI is InChI=1S/C23H24F3N3O3/c1-2-31-15-22-6-7-28(19-4-3-16(10-27)20(9-19)23(24,25)26)11-18(22)12-29(14-22)21(30)17-5-8-32-13-17/h3-5,8-9,13,18H,2,6-7,11-12,14-15H2,1H3/t18-,22+/m1/s1. The Morgan fingerprint density at radius 3 is 2.81 bits per heavy atom. The number of ether oxygens (including phenoxy) is 1. The van der Waals surface area contributed by atoms with Crippen LogP contribution in [-0.4, -0.2) is 50.2 Å². The monoisotopic (exact) mass is 447 g/mol. The normalized spacial score (nSPS) is 23.2. The second kappa shape index (κ2) is 8.51. The van der Waals surface area contributed by atoms with E-state index in [-0.39, 0.29) is 22.8 Å². The number of piperidine rings is 1. The van der Waals surface area contributed by atoms with Crippen molar-refractivity contribution in [1.29, 1.82) is 5.26 Å². The molecule has 0 radical (unpaired) electrons. The molecule has 0 saturated carbocycles. The number of carbonyl (C=O) groups is 1. The van der Waals surface area contributed by atoms with Crippen LogP contribution in [-0.2, 0) is 10.9 Å². The smallest absolute Gasteiger partial charge is 0.417 e. The van der Waals surface area contributed by atoms with E-state index in [0.717, 1.165) is 6.07 Å². The number of furan rings is 1. The molecule has 2 aromatic rings. The average Bonchev–Trinajstić information content (AvgIpc) is 3.44. The van der Waals surface area contributed by atoms with E-state index < -0.39 is 11.7 Å². The highest BCUT2D eigenvalue weighted by molar-refractivity contribution is 5.94. The summed E-state index contributed by atoms with van der Waals surface area (Å²) >= 11 is 0. The van der Waals surface area contributed by atoms with Crippen molar-refractivity contribution in [3.63, 3.8) is 0 Å². The lowest BCUT2D eigenvalue weighted by Gasteiger charge is -2.44. The molecule has 0 spiro atoms. The van der Waals surface area contributed by atoms with Crippen LogP contribution in [0.25, 0.3) is 0 Å². The van der Waals surface area contributed by atoms with Gasteiger partial charge >= 0.3 is 6.18 Å². The van der Waals surface area contributed by atoms with Gasteiger partial charge < -0.3 is 19.0 Å². The maximum atomic E-state index is 13.4. The highest BCUT2D eigenvalue weighted by Crippen LogP contribution is 2.45. The Hall–Kier alpha value is -2.99. The number of hydrogen-bond acceptors (Lipinski definition) is 5. The van der Waals surface area contributed by atoms with Crippen LogP contribution in [0.1, 0.15) is 34.8 Å². The topological polar surface area (TPSA) is 69.7 Å². The fourth-order valence-electron chi connectivity index (χ4n) is 4.84. The lowest BCUT2D eigenvalue weighted by Crippen LogP contribution is -2.49. The van der Waals surface area contributed by atoms with Crippen LogP contribution in [0.2, 0.25) is 0 Å². The number of fused-ring (bicyclic) bond motifs is 1. The molecule has 2 atom stereocenters. The first kappa shape index (κ1) is 22.2. The maximum Gasteiger partial charge on any atom is 0.417 e. The molecule has 2 aliphatic rings. The molecule has 32 heavy (non-hydrogen) atoms. The SMILES string of the molecule is CCOC[C@@]12CCN(c3ccc(C#N)c(C(F)(F)F)c3)C[C@@H]1CN(C(=O)c1ccoc1)C2. The largest absolute Gasteiger partial charge is 0.472 e. The molecule has 0 N–H and O–H groups in total. The molecule has 9 heteroatoms. The minimum Gasteiger partial charge on any atom is -0.472 e. The van der Waals surface area contributed by atoms with E-state index in [9.17, 15) is 18.0 Å². The van der Waals surface area contributed by atoms with E-state index in [2.05, 4.69) is 0 Å². The first-order valence-electron chi connectivity index (χ1n) is 10.5. The number of halogens is 3. The van der Waals surface area contributed by atoms with Crippen LogP contribution in [0.4, 0.5) is 18.9 Å². The van der Waals surface area contributed by atoms with Crippen molar-refractivity contribution >= 4 is 11.6 Å². The highest BCUT2D eigenvalue weighted by atomic mass is 19.4. The van der Waals surface area contributed by atoms with Crippen LogP contribution in [0.3, 0.4) is 0 Å². The van der Waals surface area contributed by atoms with Crippen molar-refractivity contribution in [1.82, 2.24) is 4.90 Å². The van der Waals surface area contributed by atoms with Gasteiger partial charge in [-0.3, -0.25) is 4.79 Å². The Labute approximate surface area is 184 Å². The lowest BCUT2D eigenvalue weighted by molar-refractivity contribution is -0.137. The molecule has 1 amide bonds. The molecule has 2 fully saturated rings. The van der Waals surface area contributed by atoms with Crippen LogP contribution in [0.5, 0.6) is 0 Å². The number of rotatable bonds is 5. The van der Waals surface area contributed by atoms with Gasteiger partial charge in [0.05, 0.1) is 35.6 Å². The zero-order valence-corrected chi connectivity index (χ0v) is 17.7. The number of anilines is 1. The fraction of sp³-hybridized carbons (Fsp3) is 0.478. The molecule has 0 bridgehead atoms. The van der Waals surface area contributed by atoms with E-state index in [4.69, 9.17) is 14.4 Å². The number of nitriles is 1. The van der Waals surface area contributed by atoms with Gasteiger partial charge in [-0.15, -0.1) is 0 Å². The number of alkyl halides is 3. The van der Waals surface area contributed by atoms with Crippen molar-refractivity contribution in [2.45, 2.75) is 19.5 Å². The van der Waals surface area contributed by atoms with E-state index in [0.29, 0.717) is 57.1 Å². The molecule has 1 aromatic carbocycles. The summed E-state index contributed by atoms with van der Waals surface area (Å²) in [7, 11) is 0. The predicted octanol–water partition coefficient (Wildman–Crippen LogP) is 4.18. The van der Waals surface area contributed by atoms with Gasteiger partial charge in [-0.05, 0) is 37.6 Å². The first-order chi connectivity index (χ1) is 15.3. The molecule has 4 rings (SSSR count). The summed E-state index contributed by atoms with van der Waals surface area (Å²) in [5, 5.41) is 9.06. The third kappa shape index (κ3) is 4.07. The number of likely N-dealkylation sites (tertiary alicyclic amines) is 1. The third-order valence-corrected chi connectivity index (χ3v) is 6.58. The van der Waals surface area contributed by atoms with Gasteiger partial charge in [0, 0.05) is 49.8 Å². The lowest BCUT2D eigenvalue weighted by atomic mass is 9.73. The summed E-state index contributed by atoms with van der Waals surface area (Å²) in [6, 6.07) is 7.09. The Morgan fingerprint density at radius 1 is 1.34 bits per heavy atom. The maximum absolute atomic E-state index is 13.4. The van der Waals surface area contributed by atoms with E-state index >= 15 is 0 Å². The van der Waals surface area contributed by atoms with Crippen LogP contribution in [0.15, 0.2) is 41.2 Å². The summed E-state index contributed by atoms with van der Waals surface area (Å²) in [4.78, 5) is 16.6. The zero-order valence-electron chi connectivity index (χ0n) is 17.7. The van der Waals surface area contributed by atoms with Gasteiger partial charge in [-0.2, -0.15) is 18.4 Å². The highest BCUT2D eigenvalue weighted by Gasteiger charge is 2.51. The van der Waals surface area contributed by atoms with Gasteiger partial charge in [0.25, 0.3) is 5.91 Å². The Morgan fingerprint density at radius 2 is 2.16 bits per heavy atom. The third-order valence-electron chi connectivity index (χ3n) is 6.58. The molecule has 3 heterocycles. The molecular formula is C23H24F3N3O3. The first-order valence-corrected chi connectivity index (χ1v) is 10.5. The summed E-state index contributed by atoms with van der Waals surface area (Å²) in [6.07, 6.45) is -1.04. The average molecular weight is 447 g/mol. The molecular weight excluding hydrogens is 423 g/mol. The van der Waals surface area contributed by atoms with Gasteiger partial charge in [-0.25, -0.2) is 0 Å². The second-order valence-corrected chi connectivity index (χ2v) is 8.43. The number of carbonyl (C=O) groups excluding carboxylic acids is 1. The van der Waals surface area contributed by atoms with Crippen molar-refractivity contribution in [2.75, 3.05) is 44.3 Å². The predicted molar refractivity (Wildman–Crippen MR) is 110 cm³/mol. The molecule has 0 aliphatic carbocycles. The Bertz CT molecular complexity index is 1020. The van der Waals surface area contributed by atoms with Crippen molar-refractivity contribution in [3.8, 4) is 6.07 Å². The quantitative estimate of drug-likeness (QED) is 0.688. The summed E-state index contributed by atoms with van der Waals surface area (Å²) < 4.78 is 51.1. The molecule has 2 aliphatic heterocycles. The van der Waals surface area contributed by atoms with E-state index in [1.165, 1.54) is 18.6 Å². The van der Waals surface area contributed by atoms with Gasteiger partial charge in [0.15, 0.2) is 0 Å². The molecule has 6 nitrogen and oxygen atoms in total. The van der Waals surface area contributed by atoms with E-state index in [1.807, 2.05) is 11.8 Å². The van der Waals surface area contributed by atoms with Crippen molar-refractivity contribution < 1.29 is 27.1 Å². The molecule has 2 saturated heterocycles. The Kier molecular flexibility index (Phi) is 5.91. The van der Waals surface area contributed by atoms with Crippen LogP contribution < -0.4 is 4.90 Å². The van der Waals surface area contributed by atoms with Gasteiger partial charge in [-0.1, -0.05) is 0 Å². The summed E-state index contributed by atoms with van der Waals surface area (Å²) in [6.45, 7) is 5.05. The Balaban J connectivity index is 1.58. The zero-order chi connectivity index (χ0) is 22.9. The van der Waals surface area contributed by atoms with Crippen LogP contribution in [0, 0.1) is 22.7 Å². The van der Waals surface area contributed by atoms with Gasteiger partial charge in [0.2, 0.25) is 0 Å². The number of benzene rings is 1. The molecule has 170 valence electrons. The van der Waals surface area contributed by atoms with Crippen molar-refractivity contribution in [3.05, 3.63) is 53.5 Å². The number of amides is 1. The minimum absolute atomic E-state index is 0.0450. The minimum atomic E-state index is -4.60. The second-order valence-electron chi connectivity index (χ2n) is 8.43. The molecule has 0 unspecified atom stereocenters. The fourth-order valence-corrected chi connectivity index (χ4v) is 4.84.